The van der Waals surface area contributed by atoms with Gasteiger partial charge in [0, 0.05) is 31.9 Å². The first-order valence-electron chi connectivity index (χ1n) is 7.23. The fourth-order valence-corrected chi connectivity index (χ4v) is 1.97. The average Bonchev–Trinajstić information content (AvgIpc) is 2.92. The zero-order chi connectivity index (χ0) is 14.9. The van der Waals surface area contributed by atoms with Gasteiger partial charge in [-0.2, -0.15) is 5.10 Å². The molecule has 2 aromatic rings. The van der Waals surface area contributed by atoms with E-state index in [-0.39, 0.29) is 5.91 Å². The number of benzene rings is 1. The molecule has 0 fully saturated rings. The van der Waals surface area contributed by atoms with Gasteiger partial charge >= 0.3 is 0 Å². The second kappa shape index (κ2) is 8.21. The van der Waals surface area contributed by atoms with Gasteiger partial charge in [-0.1, -0.05) is 30.3 Å². The van der Waals surface area contributed by atoms with Crippen LogP contribution in [0.4, 0.5) is 5.82 Å². The van der Waals surface area contributed by atoms with Crippen molar-refractivity contribution in [2.75, 3.05) is 18.5 Å². The van der Waals surface area contributed by atoms with Gasteiger partial charge in [0.2, 0.25) is 5.91 Å². The molecule has 112 valence electrons. The van der Waals surface area contributed by atoms with E-state index >= 15 is 0 Å². The Morgan fingerprint density at radius 1 is 1.29 bits per heavy atom. The number of hydrogen-bond acceptors (Lipinski definition) is 3. The molecular weight excluding hydrogens is 266 g/mol. The minimum atomic E-state index is -0.0281. The topological polar surface area (TPSA) is 56.1 Å². The second-order valence-corrected chi connectivity index (χ2v) is 4.73. The van der Waals surface area contributed by atoms with Crippen LogP contribution in [0.5, 0.6) is 0 Å². The third-order valence-electron chi connectivity index (χ3n) is 2.99. The molecule has 21 heavy (non-hydrogen) atoms. The lowest BCUT2D eigenvalue weighted by molar-refractivity contribution is -0.116. The summed E-state index contributed by atoms with van der Waals surface area (Å²) >= 11 is 0. The highest BCUT2D eigenvalue weighted by atomic mass is 16.5. The first-order chi connectivity index (χ1) is 10.3. The summed E-state index contributed by atoms with van der Waals surface area (Å²) in [4.78, 5) is 11.7. The van der Waals surface area contributed by atoms with Crippen molar-refractivity contribution < 1.29 is 9.53 Å². The molecule has 2 rings (SSSR count). The van der Waals surface area contributed by atoms with E-state index in [9.17, 15) is 4.79 Å². The maximum atomic E-state index is 11.7. The highest BCUT2D eigenvalue weighted by molar-refractivity contribution is 5.89. The molecule has 1 heterocycles. The number of carbonyl (C=O) groups is 1. The number of anilines is 1. The average molecular weight is 287 g/mol. The Morgan fingerprint density at radius 3 is 2.86 bits per heavy atom. The van der Waals surface area contributed by atoms with Crippen molar-refractivity contribution in [1.29, 1.82) is 0 Å². The number of aromatic nitrogens is 2. The van der Waals surface area contributed by atoms with E-state index in [0.29, 0.717) is 32.0 Å². The predicted molar refractivity (Wildman–Crippen MR) is 82.1 cm³/mol. The molecule has 0 radical (unpaired) electrons. The van der Waals surface area contributed by atoms with Crippen molar-refractivity contribution in [3.63, 3.8) is 0 Å². The number of carbonyl (C=O) groups excluding carboxylic acids is 1. The molecule has 0 atom stereocenters. The zero-order valence-electron chi connectivity index (χ0n) is 12.3. The zero-order valence-corrected chi connectivity index (χ0v) is 12.3. The van der Waals surface area contributed by atoms with Gasteiger partial charge in [0.15, 0.2) is 5.82 Å². The van der Waals surface area contributed by atoms with Gasteiger partial charge in [-0.15, -0.1) is 0 Å². The molecule has 5 nitrogen and oxygen atoms in total. The molecule has 0 aliphatic carbocycles. The molecule has 1 amide bonds. The standard InChI is InChI=1S/C16H21N3O2/c1-2-21-12-6-9-16(20)17-15-10-11-19(18-15)13-14-7-4-3-5-8-14/h3-5,7-8,10-11H,2,6,9,12-13H2,1H3,(H,17,18,20). The van der Waals surface area contributed by atoms with Crippen LogP contribution in [0, 0.1) is 0 Å². The minimum absolute atomic E-state index is 0.0281. The smallest absolute Gasteiger partial charge is 0.225 e. The van der Waals surface area contributed by atoms with Crippen molar-refractivity contribution >= 4 is 11.7 Å². The molecule has 0 unspecified atom stereocenters. The van der Waals surface area contributed by atoms with E-state index in [1.807, 2.05) is 54.2 Å². The highest BCUT2D eigenvalue weighted by Gasteiger charge is 2.05. The lowest BCUT2D eigenvalue weighted by atomic mass is 10.2. The molecule has 1 aromatic carbocycles. The van der Waals surface area contributed by atoms with Crippen LogP contribution in [0.25, 0.3) is 0 Å². The highest BCUT2D eigenvalue weighted by Crippen LogP contribution is 2.07. The molecule has 0 spiro atoms. The maximum Gasteiger partial charge on any atom is 0.225 e. The van der Waals surface area contributed by atoms with Crippen LogP contribution in [-0.2, 0) is 16.1 Å². The molecule has 5 heteroatoms. The molecule has 0 saturated carbocycles. The SMILES string of the molecule is CCOCCCC(=O)Nc1ccn(Cc2ccccc2)n1. The molecule has 1 aromatic heterocycles. The minimum Gasteiger partial charge on any atom is -0.382 e. The summed E-state index contributed by atoms with van der Waals surface area (Å²) in [7, 11) is 0. The van der Waals surface area contributed by atoms with E-state index in [0.717, 1.165) is 6.42 Å². The van der Waals surface area contributed by atoms with Crippen LogP contribution in [0.1, 0.15) is 25.3 Å². The van der Waals surface area contributed by atoms with E-state index in [1.165, 1.54) is 5.56 Å². The van der Waals surface area contributed by atoms with E-state index < -0.39 is 0 Å². The fourth-order valence-electron chi connectivity index (χ4n) is 1.97. The summed E-state index contributed by atoms with van der Waals surface area (Å²) in [6.07, 6.45) is 3.04. The Labute approximate surface area is 124 Å². The monoisotopic (exact) mass is 287 g/mol. The van der Waals surface area contributed by atoms with Crippen molar-refractivity contribution in [2.24, 2.45) is 0 Å². The van der Waals surface area contributed by atoms with E-state index in [2.05, 4.69) is 10.4 Å². The summed E-state index contributed by atoms with van der Waals surface area (Å²) in [6.45, 7) is 3.94. The Kier molecular flexibility index (Phi) is 5.97. The van der Waals surface area contributed by atoms with Gasteiger partial charge in [-0.05, 0) is 18.9 Å². The predicted octanol–water partition coefficient (Wildman–Crippen LogP) is 2.69. The first kappa shape index (κ1) is 15.3. The number of amides is 1. The normalized spacial score (nSPS) is 10.5. The quantitative estimate of drug-likeness (QED) is 0.759. The van der Waals surface area contributed by atoms with Gasteiger partial charge in [0.25, 0.3) is 0 Å². The Balaban J connectivity index is 1.79. The molecule has 0 bridgehead atoms. The summed E-state index contributed by atoms with van der Waals surface area (Å²) in [5.41, 5.74) is 1.18. The van der Waals surface area contributed by atoms with Gasteiger partial charge < -0.3 is 10.1 Å². The van der Waals surface area contributed by atoms with Crippen LogP contribution in [0.15, 0.2) is 42.6 Å². The molecule has 0 saturated heterocycles. The van der Waals surface area contributed by atoms with E-state index in [1.54, 1.807) is 0 Å². The Bertz CT molecular complexity index is 552. The van der Waals surface area contributed by atoms with Gasteiger partial charge in [-0.3, -0.25) is 9.48 Å². The number of hydrogen-bond donors (Lipinski definition) is 1. The van der Waals surface area contributed by atoms with Crippen molar-refractivity contribution in [3.8, 4) is 0 Å². The van der Waals surface area contributed by atoms with Gasteiger partial charge in [0.1, 0.15) is 0 Å². The van der Waals surface area contributed by atoms with Gasteiger partial charge in [0.05, 0.1) is 6.54 Å². The number of nitrogens with zero attached hydrogens (tertiary/aromatic N) is 2. The third kappa shape index (κ3) is 5.39. The van der Waals surface area contributed by atoms with Crippen LogP contribution in [-0.4, -0.2) is 28.9 Å². The first-order valence-corrected chi connectivity index (χ1v) is 7.23. The van der Waals surface area contributed by atoms with E-state index in [4.69, 9.17) is 4.74 Å². The Hall–Kier alpha value is -2.14. The Morgan fingerprint density at radius 2 is 2.10 bits per heavy atom. The number of rotatable bonds is 8. The van der Waals surface area contributed by atoms with Gasteiger partial charge in [-0.25, -0.2) is 0 Å². The molecule has 0 aliphatic rings. The molecule has 1 N–H and O–H groups in total. The van der Waals surface area contributed by atoms with Crippen molar-refractivity contribution in [1.82, 2.24) is 9.78 Å². The lowest BCUT2D eigenvalue weighted by Gasteiger charge is -2.03. The lowest BCUT2D eigenvalue weighted by Crippen LogP contribution is -2.13. The molecule has 0 aliphatic heterocycles. The largest absolute Gasteiger partial charge is 0.382 e. The van der Waals surface area contributed by atoms with Crippen LogP contribution < -0.4 is 5.32 Å². The van der Waals surface area contributed by atoms with Crippen LogP contribution in [0.2, 0.25) is 0 Å². The summed E-state index contributed by atoms with van der Waals surface area (Å²) in [6, 6.07) is 11.9. The van der Waals surface area contributed by atoms with Crippen molar-refractivity contribution in [2.45, 2.75) is 26.3 Å². The second-order valence-electron chi connectivity index (χ2n) is 4.73. The number of nitrogens with one attached hydrogen (secondary N) is 1. The summed E-state index contributed by atoms with van der Waals surface area (Å²) in [5.74, 6) is 0.562. The summed E-state index contributed by atoms with van der Waals surface area (Å²) in [5, 5.41) is 7.14. The molecular formula is C16H21N3O2. The maximum absolute atomic E-state index is 11.7. The summed E-state index contributed by atoms with van der Waals surface area (Å²) < 4.78 is 7.02. The number of ether oxygens (including phenoxy) is 1. The third-order valence-corrected chi connectivity index (χ3v) is 2.99. The van der Waals surface area contributed by atoms with Crippen LogP contribution in [0.3, 0.4) is 0 Å². The van der Waals surface area contributed by atoms with Crippen LogP contribution >= 0.6 is 0 Å². The van der Waals surface area contributed by atoms with Crippen molar-refractivity contribution in [3.05, 3.63) is 48.2 Å². The fraction of sp³-hybridized carbons (Fsp3) is 0.375.